The highest BCUT2D eigenvalue weighted by molar-refractivity contribution is 7.09. The minimum absolute atomic E-state index is 0.146. The molecule has 2 aromatic rings. The maximum Gasteiger partial charge on any atom is 0.0982 e. The molecule has 0 unspecified atom stereocenters. The molecule has 0 atom stereocenters. The third kappa shape index (κ3) is 4.14. The van der Waals surface area contributed by atoms with E-state index in [1.165, 1.54) is 27.3 Å². The monoisotopic (exact) mass is 302 g/mol. The van der Waals surface area contributed by atoms with Crippen LogP contribution >= 0.6 is 11.3 Å². The summed E-state index contributed by atoms with van der Waals surface area (Å²) in [7, 11) is 0. The first-order valence-electron chi connectivity index (χ1n) is 7.49. The highest BCUT2D eigenvalue weighted by Crippen LogP contribution is 2.25. The number of aromatic nitrogens is 1. The predicted molar refractivity (Wildman–Crippen MR) is 92.0 cm³/mol. The molecule has 3 heteroatoms. The Balaban J connectivity index is 1.96. The van der Waals surface area contributed by atoms with Crippen molar-refractivity contribution >= 4 is 11.3 Å². The van der Waals surface area contributed by atoms with Crippen LogP contribution in [0.25, 0.3) is 0 Å². The fourth-order valence-electron chi connectivity index (χ4n) is 2.27. The van der Waals surface area contributed by atoms with E-state index in [1.807, 2.05) is 0 Å². The number of aryl methyl sites for hydroxylation is 3. The van der Waals surface area contributed by atoms with Gasteiger partial charge in [-0.05, 0) is 43.0 Å². The Morgan fingerprint density at radius 2 is 1.67 bits per heavy atom. The smallest absolute Gasteiger partial charge is 0.0982 e. The van der Waals surface area contributed by atoms with Gasteiger partial charge in [0.1, 0.15) is 0 Å². The molecule has 2 rings (SSSR count). The molecule has 0 aliphatic carbocycles. The third-order valence-corrected chi connectivity index (χ3v) is 5.08. The zero-order valence-corrected chi connectivity index (χ0v) is 14.8. The van der Waals surface area contributed by atoms with Crippen molar-refractivity contribution in [2.75, 3.05) is 0 Å². The molecule has 21 heavy (non-hydrogen) atoms. The second kappa shape index (κ2) is 6.29. The van der Waals surface area contributed by atoms with Crippen molar-refractivity contribution in [1.29, 1.82) is 0 Å². The summed E-state index contributed by atoms with van der Waals surface area (Å²) in [6, 6.07) is 4.56. The highest BCUT2D eigenvalue weighted by atomic mass is 32.1. The summed E-state index contributed by atoms with van der Waals surface area (Å²) in [5.74, 6) is 0. The number of benzene rings is 1. The third-order valence-electron chi connectivity index (χ3n) is 3.77. The Kier molecular flexibility index (Phi) is 4.84. The van der Waals surface area contributed by atoms with Gasteiger partial charge in [0.2, 0.25) is 0 Å². The Morgan fingerprint density at radius 3 is 2.29 bits per heavy atom. The van der Waals surface area contributed by atoms with Gasteiger partial charge in [-0.2, -0.15) is 0 Å². The summed E-state index contributed by atoms with van der Waals surface area (Å²) in [6.07, 6.45) is 0. The van der Waals surface area contributed by atoms with Crippen molar-refractivity contribution < 1.29 is 0 Å². The molecular weight excluding hydrogens is 276 g/mol. The van der Waals surface area contributed by atoms with E-state index in [4.69, 9.17) is 4.98 Å². The first-order chi connectivity index (χ1) is 9.77. The molecular formula is C18H26N2S. The minimum Gasteiger partial charge on any atom is -0.307 e. The average Bonchev–Trinajstić information content (AvgIpc) is 2.84. The average molecular weight is 302 g/mol. The van der Waals surface area contributed by atoms with Gasteiger partial charge in [-0.15, -0.1) is 11.3 Å². The molecule has 2 nitrogen and oxygen atoms in total. The van der Waals surface area contributed by atoms with Crippen LogP contribution in [0.1, 0.15) is 53.7 Å². The largest absolute Gasteiger partial charge is 0.307 e. The SMILES string of the molecule is Cc1cc(C)c(CNCc2csc(C(C)(C)C)n2)cc1C. The molecule has 0 spiro atoms. The van der Waals surface area contributed by atoms with Crippen LogP contribution in [0.2, 0.25) is 0 Å². The summed E-state index contributed by atoms with van der Waals surface area (Å²) in [5.41, 5.74) is 6.76. The number of hydrogen-bond donors (Lipinski definition) is 1. The fraction of sp³-hybridized carbons (Fsp3) is 0.500. The van der Waals surface area contributed by atoms with Gasteiger partial charge in [0.15, 0.2) is 0 Å². The molecule has 0 saturated heterocycles. The molecule has 1 heterocycles. The zero-order valence-electron chi connectivity index (χ0n) is 14.0. The van der Waals surface area contributed by atoms with E-state index in [1.54, 1.807) is 11.3 Å². The normalized spacial score (nSPS) is 11.9. The number of nitrogens with one attached hydrogen (secondary N) is 1. The second-order valence-electron chi connectivity index (χ2n) is 6.86. The van der Waals surface area contributed by atoms with Gasteiger partial charge in [-0.25, -0.2) is 4.98 Å². The first-order valence-corrected chi connectivity index (χ1v) is 8.37. The summed E-state index contributed by atoms with van der Waals surface area (Å²) >= 11 is 1.76. The van der Waals surface area contributed by atoms with Crippen LogP contribution in [0.15, 0.2) is 17.5 Å². The van der Waals surface area contributed by atoms with E-state index >= 15 is 0 Å². The van der Waals surface area contributed by atoms with Crippen LogP contribution in [-0.2, 0) is 18.5 Å². The lowest BCUT2D eigenvalue weighted by Crippen LogP contribution is -2.15. The number of thiazole rings is 1. The van der Waals surface area contributed by atoms with Crippen molar-refractivity contribution in [3.05, 3.63) is 50.5 Å². The lowest BCUT2D eigenvalue weighted by Gasteiger charge is -2.13. The van der Waals surface area contributed by atoms with Crippen LogP contribution in [0.4, 0.5) is 0 Å². The molecule has 1 aromatic heterocycles. The Labute approximate surface area is 132 Å². The van der Waals surface area contributed by atoms with Crippen molar-refractivity contribution in [3.8, 4) is 0 Å². The van der Waals surface area contributed by atoms with Gasteiger partial charge < -0.3 is 5.32 Å². The van der Waals surface area contributed by atoms with Crippen LogP contribution in [-0.4, -0.2) is 4.98 Å². The van der Waals surface area contributed by atoms with Gasteiger partial charge >= 0.3 is 0 Å². The van der Waals surface area contributed by atoms with E-state index in [9.17, 15) is 0 Å². The van der Waals surface area contributed by atoms with E-state index < -0.39 is 0 Å². The van der Waals surface area contributed by atoms with Gasteiger partial charge in [0.05, 0.1) is 10.7 Å². The van der Waals surface area contributed by atoms with E-state index in [0.29, 0.717) is 0 Å². The maximum atomic E-state index is 4.72. The van der Waals surface area contributed by atoms with E-state index in [2.05, 4.69) is 64.4 Å². The zero-order chi connectivity index (χ0) is 15.6. The highest BCUT2D eigenvalue weighted by Gasteiger charge is 2.17. The van der Waals surface area contributed by atoms with Crippen LogP contribution < -0.4 is 5.32 Å². The van der Waals surface area contributed by atoms with Crippen molar-refractivity contribution in [2.24, 2.45) is 0 Å². The first kappa shape index (κ1) is 16.2. The van der Waals surface area contributed by atoms with Gasteiger partial charge in [0, 0.05) is 23.9 Å². The fourth-order valence-corrected chi connectivity index (χ4v) is 3.18. The molecule has 114 valence electrons. The molecule has 1 N–H and O–H groups in total. The minimum atomic E-state index is 0.146. The number of rotatable bonds is 4. The number of hydrogen-bond acceptors (Lipinski definition) is 3. The quantitative estimate of drug-likeness (QED) is 0.889. The molecule has 0 aliphatic heterocycles. The van der Waals surface area contributed by atoms with Gasteiger partial charge in [-0.1, -0.05) is 32.9 Å². The molecule has 0 radical (unpaired) electrons. The Morgan fingerprint density at radius 1 is 1.00 bits per heavy atom. The summed E-state index contributed by atoms with van der Waals surface area (Å²) in [5, 5.41) is 6.89. The van der Waals surface area contributed by atoms with Crippen LogP contribution in [0.3, 0.4) is 0 Å². The van der Waals surface area contributed by atoms with Crippen molar-refractivity contribution in [2.45, 2.75) is 60.0 Å². The maximum absolute atomic E-state index is 4.72. The van der Waals surface area contributed by atoms with E-state index in [-0.39, 0.29) is 5.41 Å². The van der Waals surface area contributed by atoms with Crippen molar-refractivity contribution in [1.82, 2.24) is 10.3 Å². The lowest BCUT2D eigenvalue weighted by atomic mass is 9.98. The number of nitrogens with zero attached hydrogens (tertiary/aromatic N) is 1. The Hall–Kier alpha value is -1.19. The van der Waals surface area contributed by atoms with Gasteiger partial charge in [0.25, 0.3) is 0 Å². The van der Waals surface area contributed by atoms with E-state index in [0.717, 1.165) is 18.8 Å². The molecule has 0 aliphatic rings. The van der Waals surface area contributed by atoms with Crippen molar-refractivity contribution in [3.63, 3.8) is 0 Å². The lowest BCUT2D eigenvalue weighted by molar-refractivity contribution is 0.579. The van der Waals surface area contributed by atoms with Crippen LogP contribution in [0, 0.1) is 20.8 Å². The topological polar surface area (TPSA) is 24.9 Å². The standard InChI is InChI=1S/C18H26N2S/c1-12-7-14(3)15(8-13(12)2)9-19-10-16-11-21-17(20-16)18(4,5)6/h7-8,11,19H,9-10H2,1-6H3. The molecule has 0 fully saturated rings. The summed E-state index contributed by atoms with van der Waals surface area (Å²) < 4.78 is 0. The molecule has 0 amide bonds. The molecule has 0 bridgehead atoms. The second-order valence-corrected chi connectivity index (χ2v) is 7.72. The summed E-state index contributed by atoms with van der Waals surface area (Å²) in [4.78, 5) is 4.72. The molecule has 1 aromatic carbocycles. The molecule has 0 saturated carbocycles. The summed E-state index contributed by atoms with van der Waals surface area (Å²) in [6.45, 7) is 14.9. The predicted octanol–water partition coefficient (Wildman–Crippen LogP) is 4.66. The van der Waals surface area contributed by atoms with Gasteiger partial charge in [-0.3, -0.25) is 0 Å². The Bertz CT molecular complexity index is 621. The van der Waals surface area contributed by atoms with Crippen LogP contribution in [0.5, 0.6) is 0 Å².